The van der Waals surface area contributed by atoms with Crippen molar-refractivity contribution in [1.82, 2.24) is 15.1 Å². The molecule has 11 heteroatoms. The van der Waals surface area contributed by atoms with Gasteiger partial charge in [0.1, 0.15) is 27.2 Å². The average molecular weight is 924 g/mol. The van der Waals surface area contributed by atoms with Crippen LogP contribution in [0.4, 0.5) is 22.7 Å². The predicted octanol–water partition coefficient (Wildman–Crippen LogP) is 6.01. The van der Waals surface area contributed by atoms with Gasteiger partial charge in [0.15, 0.2) is 0 Å². The molecule has 6 aromatic carbocycles. The van der Waals surface area contributed by atoms with E-state index in [1.165, 1.54) is 43.0 Å². The minimum atomic E-state index is -2.29. The van der Waals surface area contributed by atoms with E-state index in [1.807, 2.05) is 24.3 Å². The maximum absolute atomic E-state index is 15.1. The lowest BCUT2D eigenvalue weighted by atomic mass is 9.76. The van der Waals surface area contributed by atoms with Gasteiger partial charge in [0, 0.05) is 116 Å². The molecule has 2 spiro atoms. The van der Waals surface area contributed by atoms with Crippen molar-refractivity contribution in [3.63, 3.8) is 0 Å². The van der Waals surface area contributed by atoms with E-state index in [4.69, 9.17) is 0 Å². The maximum atomic E-state index is 15.1. The maximum Gasteiger partial charge on any atom is 0.255 e. The predicted molar refractivity (Wildman–Crippen MR) is 284 cm³/mol. The number of rotatable bonds is 10. The van der Waals surface area contributed by atoms with Crippen molar-refractivity contribution < 1.29 is 9.59 Å². The van der Waals surface area contributed by atoms with Gasteiger partial charge in [-0.05, 0) is 115 Å². The van der Waals surface area contributed by atoms with Gasteiger partial charge < -0.3 is 34.7 Å². The summed E-state index contributed by atoms with van der Waals surface area (Å²) < 4.78 is 0. The molecule has 67 heavy (non-hydrogen) atoms. The van der Waals surface area contributed by atoms with Crippen LogP contribution in [0.3, 0.4) is 0 Å². The van der Waals surface area contributed by atoms with Gasteiger partial charge in [0.25, 0.3) is 11.8 Å². The zero-order chi connectivity index (χ0) is 47.5. The summed E-state index contributed by atoms with van der Waals surface area (Å²) in [5, 5.41) is 9.24. The number of carbonyl (C=O) groups excluding carboxylic acids is 2. The highest BCUT2D eigenvalue weighted by Crippen LogP contribution is 2.53. The Kier molecular flexibility index (Phi) is 10.5. The molecule has 0 aromatic heterocycles. The number of hydrogen-bond donors (Lipinski definition) is 1. The summed E-state index contributed by atoms with van der Waals surface area (Å²) in [5.74, 6) is 0.0918. The minimum absolute atomic E-state index is 0.0459. The number of carbonyl (C=O) groups is 2. The van der Waals surface area contributed by atoms with E-state index in [2.05, 4.69) is 214 Å². The molecule has 0 saturated heterocycles. The van der Waals surface area contributed by atoms with Crippen molar-refractivity contribution in [1.29, 1.82) is 0 Å². The third-order valence-electron chi connectivity index (χ3n) is 15.7. The first-order chi connectivity index (χ1) is 31.9. The standard InChI is InChI=1S/C56H65N7O2Si2/c1-58(2)37-21-25-45-49(33-37)66(9,10)50-34-38(59(3)4)22-26-46(50)55(45)43-19-15-13-17-41(43)53(64)62(55)31-29-57-30-32-63-54(65)42-18-14-16-20-44(42)56(63)47-27-23-39(60(5)6)35-51(47)67(11,12)52-36-40(61(7)8)24-28-48(52)56/h13-28,33-36,57H,29-32H2,1-12H3. The van der Waals surface area contributed by atoms with Crippen molar-refractivity contribution in [2.75, 3.05) is 102 Å². The second-order valence-corrected chi connectivity index (χ2v) is 29.6. The lowest BCUT2D eigenvalue weighted by molar-refractivity contribution is 0.0671. The zero-order valence-corrected chi connectivity index (χ0v) is 43.4. The molecular formula is C56H65N7O2Si2. The summed E-state index contributed by atoms with van der Waals surface area (Å²) in [5.41, 5.74) is 11.4. The second kappa shape index (κ2) is 15.7. The number of nitrogens with zero attached hydrogens (tertiary/aromatic N) is 6. The molecule has 2 amide bonds. The molecule has 0 unspecified atom stereocenters. The summed E-state index contributed by atoms with van der Waals surface area (Å²) in [7, 11) is 12.2. The number of amides is 2. The normalized spacial score (nSPS) is 17.1. The summed E-state index contributed by atoms with van der Waals surface area (Å²) in [6, 6.07) is 44.2. The van der Waals surface area contributed by atoms with Gasteiger partial charge in [0.05, 0.1) is 0 Å². The highest BCUT2D eigenvalue weighted by Gasteiger charge is 2.60. The Bertz CT molecular complexity index is 2690. The Morgan fingerprint density at radius 1 is 0.418 bits per heavy atom. The monoisotopic (exact) mass is 923 g/mol. The van der Waals surface area contributed by atoms with Crippen LogP contribution in [-0.4, -0.2) is 120 Å². The molecule has 0 bridgehead atoms. The van der Waals surface area contributed by atoms with Crippen molar-refractivity contribution in [2.24, 2.45) is 0 Å². The fourth-order valence-electron chi connectivity index (χ4n) is 12.2. The van der Waals surface area contributed by atoms with Crippen LogP contribution in [0.1, 0.15) is 54.1 Å². The fraction of sp³-hybridized carbons (Fsp3) is 0.321. The minimum Gasteiger partial charge on any atom is -0.378 e. The van der Waals surface area contributed by atoms with Gasteiger partial charge in [-0.25, -0.2) is 0 Å². The van der Waals surface area contributed by atoms with E-state index in [0.29, 0.717) is 26.2 Å². The number of benzene rings is 6. The fourth-order valence-corrected chi connectivity index (χ4v) is 18.6. The number of fused-ring (bicyclic) bond motifs is 12. The van der Waals surface area contributed by atoms with Crippen LogP contribution in [0.15, 0.2) is 121 Å². The Morgan fingerprint density at radius 3 is 0.985 bits per heavy atom. The summed E-state index contributed by atoms with van der Waals surface area (Å²) in [4.78, 5) is 43.2. The van der Waals surface area contributed by atoms with Crippen molar-refractivity contribution >= 4 is 71.5 Å². The molecule has 0 fully saturated rings. The largest absolute Gasteiger partial charge is 0.378 e. The van der Waals surface area contributed by atoms with E-state index in [-0.39, 0.29) is 11.8 Å². The van der Waals surface area contributed by atoms with Gasteiger partial charge in [0.2, 0.25) is 0 Å². The molecule has 4 heterocycles. The zero-order valence-electron chi connectivity index (χ0n) is 41.4. The lowest BCUT2D eigenvalue weighted by Crippen LogP contribution is -2.66. The van der Waals surface area contributed by atoms with Crippen LogP contribution in [0.25, 0.3) is 0 Å². The first kappa shape index (κ1) is 44.7. The van der Waals surface area contributed by atoms with E-state index < -0.39 is 27.2 Å². The quantitative estimate of drug-likeness (QED) is 0.134. The Balaban J connectivity index is 1.04. The van der Waals surface area contributed by atoms with Crippen molar-refractivity contribution in [3.8, 4) is 0 Å². The summed E-state index contributed by atoms with van der Waals surface area (Å²) in [6.45, 7) is 11.9. The van der Waals surface area contributed by atoms with Gasteiger partial charge in [-0.3, -0.25) is 9.59 Å². The molecule has 10 rings (SSSR count). The number of hydrogen-bond acceptors (Lipinski definition) is 7. The van der Waals surface area contributed by atoms with Crippen LogP contribution >= 0.6 is 0 Å². The highest BCUT2D eigenvalue weighted by molar-refractivity contribution is 7.02. The average Bonchev–Trinajstić information content (AvgIpc) is 3.71. The van der Waals surface area contributed by atoms with Crippen molar-refractivity contribution in [2.45, 2.75) is 37.3 Å². The van der Waals surface area contributed by atoms with Gasteiger partial charge in [-0.2, -0.15) is 0 Å². The number of nitrogens with one attached hydrogen (secondary N) is 1. The molecule has 6 aromatic rings. The molecule has 0 radical (unpaired) electrons. The van der Waals surface area contributed by atoms with Gasteiger partial charge in [-0.15, -0.1) is 0 Å². The Morgan fingerprint density at radius 2 is 0.701 bits per heavy atom. The van der Waals surface area contributed by atoms with E-state index >= 15 is 9.59 Å². The molecule has 344 valence electrons. The molecule has 4 aliphatic rings. The summed E-state index contributed by atoms with van der Waals surface area (Å²) >= 11 is 0. The van der Waals surface area contributed by atoms with Gasteiger partial charge >= 0.3 is 0 Å². The second-order valence-electron chi connectivity index (χ2n) is 20.9. The first-order valence-corrected chi connectivity index (χ1v) is 29.7. The van der Waals surface area contributed by atoms with E-state index in [1.54, 1.807) is 0 Å². The molecule has 1 N–H and O–H groups in total. The molecular weight excluding hydrogens is 859 g/mol. The molecule has 0 aliphatic carbocycles. The van der Waals surface area contributed by atoms with Crippen LogP contribution in [-0.2, 0) is 11.1 Å². The van der Waals surface area contributed by atoms with Crippen LogP contribution < -0.4 is 45.7 Å². The van der Waals surface area contributed by atoms with Crippen molar-refractivity contribution in [3.05, 3.63) is 166 Å². The van der Waals surface area contributed by atoms with Crippen LogP contribution in [0.5, 0.6) is 0 Å². The van der Waals surface area contributed by atoms with Crippen LogP contribution in [0.2, 0.25) is 26.2 Å². The smallest absolute Gasteiger partial charge is 0.255 e. The molecule has 4 aliphatic heterocycles. The van der Waals surface area contributed by atoms with Gasteiger partial charge in [-0.1, -0.05) is 86.9 Å². The SMILES string of the molecule is CN(C)c1ccc2c(c1)[Si](C)(C)c1cc(N(C)C)ccc1C21c2ccccc2C(=O)N1CCNCCN1C(=O)c2ccccc2C12c1ccc(N(C)C)cc1[Si](C)(C)c1cc(N(C)C)ccc12. The Hall–Kier alpha value is -6.15. The highest BCUT2D eigenvalue weighted by atomic mass is 28.3. The summed E-state index contributed by atoms with van der Waals surface area (Å²) in [6.07, 6.45) is 0. The lowest BCUT2D eigenvalue weighted by Gasteiger charge is -2.50. The van der Waals surface area contributed by atoms with Crippen LogP contribution in [0, 0.1) is 0 Å². The van der Waals surface area contributed by atoms with E-state index in [0.717, 1.165) is 45.0 Å². The Labute approximate surface area is 399 Å². The molecule has 0 atom stereocenters. The number of anilines is 4. The molecule has 9 nitrogen and oxygen atoms in total. The first-order valence-electron chi connectivity index (χ1n) is 23.7. The topological polar surface area (TPSA) is 65.6 Å². The van der Waals surface area contributed by atoms with E-state index in [9.17, 15) is 0 Å². The third-order valence-corrected chi connectivity index (χ3v) is 22.8. The third kappa shape index (κ3) is 6.19. The molecule has 0 saturated carbocycles.